The molecule has 0 radical (unpaired) electrons. The number of carbonyl (C=O) groups excluding carboxylic acids is 1. The molecule has 2 heterocycles. The average Bonchev–Trinajstić information content (AvgIpc) is 2.05. The van der Waals surface area contributed by atoms with Crippen molar-refractivity contribution in [3.63, 3.8) is 0 Å². The van der Waals surface area contributed by atoms with Crippen molar-refractivity contribution < 1.29 is 19.8 Å². The van der Waals surface area contributed by atoms with E-state index >= 15 is 0 Å². The Balaban J connectivity index is 2.19. The van der Waals surface area contributed by atoms with E-state index in [1.54, 1.807) is 0 Å². The molecule has 2 fully saturated rings. The first-order valence-corrected chi connectivity index (χ1v) is 5.00. The van der Waals surface area contributed by atoms with E-state index in [2.05, 4.69) is 0 Å². The molecule has 2 saturated heterocycles. The van der Waals surface area contributed by atoms with Gasteiger partial charge in [-0.3, -0.25) is 4.79 Å². The second-order valence-electron chi connectivity index (χ2n) is 3.14. The van der Waals surface area contributed by atoms with Gasteiger partial charge in [0.25, 0.3) is 0 Å². The van der Waals surface area contributed by atoms with E-state index in [0.717, 1.165) is 0 Å². The second kappa shape index (κ2) is 2.88. The van der Waals surface area contributed by atoms with Crippen LogP contribution in [0.5, 0.6) is 0 Å². The van der Waals surface area contributed by atoms with Gasteiger partial charge in [-0.1, -0.05) is 0 Å². The van der Waals surface area contributed by atoms with E-state index < -0.39 is 18.1 Å². The summed E-state index contributed by atoms with van der Waals surface area (Å²) in [5.41, 5.74) is 0. The van der Waals surface area contributed by atoms with Gasteiger partial charge in [-0.05, 0) is 0 Å². The molecule has 3 atom stereocenters. The zero-order valence-electron chi connectivity index (χ0n) is 6.71. The van der Waals surface area contributed by atoms with Crippen molar-refractivity contribution in [3.05, 3.63) is 0 Å². The van der Waals surface area contributed by atoms with E-state index in [-0.39, 0.29) is 11.3 Å². The summed E-state index contributed by atoms with van der Waals surface area (Å²) in [7, 11) is 0. The Labute approximate surface area is 78.7 Å². The first kappa shape index (κ1) is 8.83. The van der Waals surface area contributed by atoms with Gasteiger partial charge in [-0.25, -0.2) is 4.79 Å². The smallest absolute Gasteiger partial charge is 0.329 e. The molecule has 2 aliphatic heterocycles. The minimum atomic E-state index is -1.12. The van der Waals surface area contributed by atoms with Crippen LogP contribution in [-0.4, -0.2) is 50.3 Å². The highest BCUT2D eigenvalue weighted by molar-refractivity contribution is 8.00. The molecular weight excluding hydrogens is 194 g/mol. The maximum atomic E-state index is 11.1. The first-order valence-electron chi connectivity index (χ1n) is 3.95. The van der Waals surface area contributed by atoms with Crippen LogP contribution in [0.25, 0.3) is 0 Å². The molecule has 0 aromatic heterocycles. The predicted molar refractivity (Wildman–Crippen MR) is 45.1 cm³/mol. The number of fused-ring (bicyclic) bond motifs is 1. The molecule has 5 nitrogen and oxygen atoms in total. The number of aliphatic hydroxyl groups excluding tert-OH is 1. The Morgan fingerprint density at radius 2 is 2.31 bits per heavy atom. The van der Waals surface area contributed by atoms with Gasteiger partial charge in [0.2, 0.25) is 5.91 Å². The summed E-state index contributed by atoms with van der Waals surface area (Å²) in [4.78, 5) is 23.1. The fraction of sp³-hybridized carbons (Fsp3) is 0.714. The van der Waals surface area contributed by atoms with Crippen molar-refractivity contribution in [3.8, 4) is 0 Å². The van der Waals surface area contributed by atoms with Crippen LogP contribution in [0.4, 0.5) is 0 Å². The Kier molecular flexibility index (Phi) is 1.96. The van der Waals surface area contributed by atoms with Crippen molar-refractivity contribution in [2.45, 2.75) is 23.9 Å². The molecule has 0 aromatic rings. The number of carboxylic acid groups (broad SMARTS) is 1. The number of aliphatic carboxylic acids is 1. The van der Waals surface area contributed by atoms with Gasteiger partial charge in [-0.15, -0.1) is 11.8 Å². The van der Waals surface area contributed by atoms with E-state index in [9.17, 15) is 14.7 Å². The maximum Gasteiger partial charge on any atom is 0.329 e. The SMILES string of the molecule is O=C(O)C1C(O)CS[C@H]2CC(=O)N12. The number of thioether (sulfide) groups is 1. The zero-order valence-corrected chi connectivity index (χ0v) is 7.53. The lowest BCUT2D eigenvalue weighted by Gasteiger charge is -2.48. The van der Waals surface area contributed by atoms with Crippen molar-refractivity contribution in [2.24, 2.45) is 0 Å². The third-order valence-corrected chi connectivity index (χ3v) is 3.64. The molecule has 2 N–H and O–H groups in total. The van der Waals surface area contributed by atoms with Crippen LogP contribution in [0.3, 0.4) is 0 Å². The highest BCUT2D eigenvalue weighted by atomic mass is 32.2. The van der Waals surface area contributed by atoms with Crippen molar-refractivity contribution in [2.75, 3.05) is 5.75 Å². The fourth-order valence-electron chi connectivity index (χ4n) is 1.64. The van der Waals surface area contributed by atoms with E-state index in [4.69, 9.17) is 5.11 Å². The molecule has 2 rings (SSSR count). The van der Waals surface area contributed by atoms with Crippen LogP contribution in [0.1, 0.15) is 6.42 Å². The number of β-lactam (4-membered cyclic amide) rings is 1. The lowest BCUT2D eigenvalue weighted by Crippen LogP contribution is -2.65. The van der Waals surface area contributed by atoms with Crippen LogP contribution in [0.2, 0.25) is 0 Å². The van der Waals surface area contributed by atoms with Gasteiger partial charge in [0.1, 0.15) is 0 Å². The molecule has 0 saturated carbocycles. The predicted octanol–water partition coefficient (Wildman–Crippen LogP) is -0.894. The number of rotatable bonds is 1. The second-order valence-corrected chi connectivity index (χ2v) is 4.35. The summed E-state index contributed by atoms with van der Waals surface area (Å²) in [6.07, 6.45) is -0.538. The molecule has 1 amide bonds. The maximum absolute atomic E-state index is 11.1. The Hall–Kier alpha value is -0.750. The van der Waals surface area contributed by atoms with E-state index in [1.165, 1.54) is 16.7 Å². The Morgan fingerprint density at radius 3 is 2.77 bits per heavy atom. The normalized spacial score (nSPS) is 38.1. The topological polar surface area (TPSA) is 77.8 Å². The number of carboxylic acids is 1. The number of amides is 1. The highest BCUT2D eigenvalue weighted by Crippen LogP contribution is 2.37. The summed E-state index contributed by atoms with van der Waals surface area (Å²) in [5, 5.41) is 18.1. The number of aliphatic hydroxyl groups is 1. The Bertz CT molecular complexity index is 269. The summed E-state index contributed by atoms with van der Waals surface area (Å²) < 4.78 is 0. The zero-order chi connectivity index (χ0) is 9.59. The van der Waals surface area contributed by atoms with Crippen molar-refractivity contribution in [1.29, 1.82) is 0 Å². The van der Waals surface area contributed by atoms with Crippen molar-refractivity contribution >= 4 is 23.6 Å². The largest absolute Gasteiger partial charge is 0.480 e. The molecular formula is C7H9NO4S. The fourth-order valence-corrected chi connectivity index (χ4v) is 2.92. The first-order chi connectivity index (χ1) is 6.11. The van der Waals surface area contributed by atoms with Crippen LogP contribution in [0.15, 0.2) is 0 Å². The number of hydrogen-bond donors (Lipinski definition) is 2. The van der Waals surface area contributed by atoms with Crippen molar-refractivity contribution in [1.82, 2.24) is 4.90 Å². The summed E-state index contributed by atoms with van der Waals surface area (Å²) >= 11 is 1.44. The third kappa shape index (κ3) is 1.21. The molecule has 0 bridgehead atoms. The lowest BCUT2D eigenvalue weighted by atomic mass is 10.0. The molecule has 0 aromatic carbocycles. The standard InChI is InChI=1S/C7H9NO4S/c9-3-2-13-5-1-4(10)8(5)6(3)7(11)12/h3,5-6,9H,1-2H2,(H,11,12)/t3?,5-,6?/m0/s1. The summed E-state index contributed by atoms with van der Waals surface area (Å²) in [6.45, 7) is 0. The van der Waals surface area contributed by atoms with Gasteiger partial charge in [0, 0.05) is 5.75 Å². The summed E-state index contributed by atoms with van der Waals surface area (Å²) in [6, 6.07) is -1.03. The minimum Gasteiger partial charge on any atom is -0.480 e. The molecule has 2 unspecified atom stereocenters. The van der Waals surface area contributed by atoms with E-state index in [0.29, 0.717) is 12.2 Å². The number of hydrogen-bond acceptors (Lipinski definition) is 4. The highest BCUT2D eigenvalue weighted by Gasteiger charge is 2.50. The molecule has 72 valence electrons. The lowest BCUT2D eigenvalue weighted by molar-refractivity contribution is -0.163. The summed E-state index contributed by atoms with van der Waals surface area (Å²) in [5.74, 6) is -0.902. The van der Waals surface area contributed by atoms with Crippen LogP contribution in [-0.2, 0) is 9.59 Å². The van der Waals surface area contributed by atoms with Gasteiger partial charge in [0.15, 0.2) is 6.04 Å². The average molecular weight is 203 g/mol. The molecule has 0 aliphatic carbocycles. The third-order valence-electron chi connectivity index (χ3n) is 2.32. The minimum absolute atomic E-state index is 0.0306. The van der Waals surface area contributed by atoms with Crippen LogP contribution < -0.4 is 0 Å². The molecule has 6 heteroatoms. The Morgan fingerprint density at radius 1 is 1.62 bits per heavy atom. The monoisotopic (exact) mass is 203 g/mol. The van der Waals surface area contributed by atoms with Gasteiger partial charge >= 0.3 is 5.97 Å². The van der Waals surface area contributed by atoms with Crippen LogP contribution in [0, 0.1) is 0 Å². The molecule has 2 aliphatic rings. The van der Waals surface area contributed by atoms with Gasteiger partial charge in [-0.2, -0.15) is 0 Å². The van der Waals surface area contributed by atoms with E-state index in [1.807, 2.05) is 0 Å². The number of carbonyl (C=O) groups is 2. The van der Waals surface area contributed by atoms with Gasteiger partial charge in [0.05, 0.1) is 17.9 Å². The van der Waals surface area contributed by atoms with Crippen LogP contribution >= 0.6 is 11.8 Å². The number of nitrogens with zero attached hydrogens (tertiary/aromatic N) is 1. The van der Waals surface area contributed by atoms with Gasteiger partial charge < -0.3 is 15.1 Å². The quantitative estimate of drug-likeness (QED) is 0.540. The molecule has 13 heavy (non-hydrogen) atoms. The molecule has 0 spiro atoms.